The number of nitrogen functional groups attached to an aromatic ring is 1. The fraction of sp³-hybridized carbons (Fsp3) is 0.385. The molecule has 1 saturated carbocycles. The van der Waals surface area contributed by atoms with Crippen molar-refractivity contribution in [2.75, 3.05) is 5.73 Å². The first kappa shape index (κ1) is 12.5. The van der Waals surface area contributed by atoms with E-state index in [1.807, 2.05) is 0 Å². The summed E-state index contributed by atoms with van der Waals surface area (Å²) in [6, 6.07) is 5.30. The Bertz CT molecular complexity index is 700. The van der Waals surface area contributed by atoms with E-state index < -0.39 is 10.0 Å². The van der Waals surface area contributed by atoms with Crippen LogP contribution in [0.1, 0.15) is 25.7 Å². The first-order chi connectivity index (χ1) is 9.06. The summed E-state index contributed by atoms with van der Waals surface area (Å²) < 4.78 is 27.6. The molecule has 3 rings (SSSR count). The number of hydrogen-bond acceptors (Lipinski definition) is 3. The number of aromatic amines is 1. The van der Waals surface area contributed by atoms with Gasteiger partial charge in [0.05, 0.1) is 0 Å². The molecule has 0 radical (unpaired) electrons. The Morgan fingerprint density at radius 1 is 1.26 bits per heavy atom. The first-order valence-corrected chi connectivity index (χ1v) is 7.93. The molecule has 0 aliphatic heterocycles. The topological polar surface area (TPSA) is 88.0 Å². The van der Waals surface area contributed by atoms with Gasteiger partial charge in [0.15, 0.2) is 0 Å². The van der Waals surface area contributed by atoms with Gasteiger partial charge in [0.2, 0.25) is 10.0 Å². The number of anilines is 1. The number of rotatable bonds is 3. The highest BCUT2D eigenvalue weighted by Crippen LogP contribution is 2.26. The number of sulfonamides is 1. The van der Waals surface area contributed by atoms with E-state index in [9.17, 15) is 8.42 Å². The lowest BCUT2D eigenvalue weighted by atomic mass is 10.2. The van der Waals surface area contributed by atoms with Crippen LogP contribution in [0.5, 0.6) is 0 Å². The van der Waals surface area contributed by atoms with Gasteiger partial charge in [-0.3, -0.25) is 0 Å². The molecule has 6 heteroatoms. The number of benzene rings is 1. The number of nitrogens with two attached hydrogens (primary N) is 1. The minimum Gasteiger partial charge on any atom is -0.399 e. The zero-order valence-corrected chi connectivity index (χ0v) is 11.3. The van der Waals surface area contributed by atoms with Crippen molar-refractivity contribution in [3.8, 4) is 0 Å². The molecule has 1 aliphatic carbocycles. The Balaban J connectivity index is 2.00. The van der Waals surface area contributed by atoms with Crippen LogP contribution in [0.4, 0.5) is 5.69 Å². The fourth-order valence-electron chi connectivity index (χ4n) is 2.66. The van der Waals surface area contributed by atoms with Crippen molar-refractivity contribution in [3.05, 3.63) is 24.4 Å². The lowest BCUT2D eigenvalue weighted by Crippen LogP contribution is -2.32. The van der Waals surface area contributed by atoms with Gasteiger partial charge in [-0.2, -0.15) is 0 Å². The quantitative estimate of drug-likeness (QED) is 0.751. The molecule has 0 saturated heterocycles. The second-order valence-corrected chi connectivity index (χ2v) is 6.74. The summed E-state index contributed by atoms with van der Waals surface area (Å²) >= 11 is 0. The summed E-state index contributed by atoms with van der Waals surface area (Å²) in [5, 5.41) is 0.644. The van der Waals surface area contributed by atoms with Crippen LogP contribution in [0.15, 0.2) is 29.3 Å². The summed E-state index contributed by atoms with van der Waals surface area (Å²) in [4.78, 5) is 3.25. The van der Waals surface area contributed by atoms with Gasteiger partial charge < -0.3 is 10.7 Å². The van der Waals surface area contributed by atoms with Crippen LogP contribution in [0.2, 0.25) is 0 Å². The maximum Gasteiger partial charge on any atom is 0.242 e. The highest BCUT2D eigenvalue weighted by molar-refractivity contribution is 7.89. The zero-order valence-electron chi connectivity index (χ0n) is 10.5. The number of aromatic nitrogens is 1. The standard InChI is InChI=1S/C13H17N3O2S/c14-9-5-6-12-11(7-9)13(8-15-12)19(17,18)16-10-3-1-2-4-10/h5-8,10,15-16H,1-4,14H2. The Morgan fingerprint density at radius 2 is 2.00 bits per heavy atom. The van der Waals surface area contributed by atoms with E-state index in [-0.39, 0.29) is 10.9 Å². The van der Waals surface area contributed by atoms with E-state index in [4.69, 9.17) is 5.73 Å². The maximum atomic E-state index is 12.4. The number of fused-ring (bicyclic) bond motifs is 1. The summed E-state index contributed by atoms with van der Waals surface area (Å²) in [5.41, 5.74) is 7.07. The normalized spacial score (nSPS) is 17.3. The molecule has 4 N–H and O–H groups in total. The molecule has 0 unspecified atom stereocenters. The Labute approximate surface area is 112 Å². The molecule has 2 aromatic rings. The molecule has 102 valence electrons. The molecule has 19 heavy (non-hydrogen) atoms. The minimum atomic E-state index is -3.48. The van der Waals surface area contributed by atoms with E-state index in [0.29, 0.717) is 11.1 Å². The van der Waals surface area contributed by atoms with E-state index in [2.05, 4.69) is 9.71 Å². The molecule has 1 aromatic carbocycles. The monoisotopic (exact) mass is 279 g/mol. The molecule has 0 bridgehead atoms. The average molecular weight is 279 g/mol. The fourth-order valence-corrected chi connectivity index (χ4v) is 4.14. The molecular weight excluding hydrogens is 262 g/mol. The van der Waals surface area contributed by atoms with Crippen LogP contribution >= 0.6 is 0 Å². The van der Waals surface area contributed by atoms with Gasteiger partial charge in [-0.25, -0.2) is 13.1 Å². The zero-order chi connectivity index (χ0) is 13.5. The maximum absolute atomic E-state index is 12.4. The molecular formula is C13H17N3O2S. The van der Waals surface area contributed by atoms with E-state index in [1.54, 1.807) is 18.2 Å². The third-order valence-corrected chi connectivity index (χ3v) is 5.19. The molecule has 0 atom stereocenters. The molecule has 0 spiro atoms. The number of hydrogen-bond donors (Lipinski definition) is 3. The van der Waals surface area contributed by atoms with Gasteiger partial charge in [0.25, 0.3) is 0 Å². The average Bonchev–Trinajstić information content (AvgIpc) is 2.96. The Hall–Kier alpha value is -1.53. The van der Waals surface area contributed by atoms with Crippen molar-refractivity contribution in [2.45, 2.75) is 36.6 Å². The summed E-state index contributed by atoms with van der Waals surface area (Å²) in [5.74, 6) is 0. The van der Waals surface area contributed by atoms with Gasteiger partial charge in [0.1, 0.15) is 4.90 Å². The van der Waals surface area contributed by atoms with Crippen LogP contribution in [-0.4, -0.2) is 19.4 Å². The molecule has 1 aliphatic rings. The van der Waals surface area contributed by atoms with E-state index in [0.717, 1.165) is 31.2 Å². The molecule has 5 nitrogen and oxygen atoms in total. The number of nitrogens with one attached hydrogen (secondary N) is 2. The highest BCUT2D eigenvalue weighted by Gasteiger charge is 2.25. The van der Waals surface area contributed by atoms with E-state index >= 15 is 0 Å². The summed E-state index contributed by atoms with van der Waals surface area (Å²) in [7, 11) is -3.48. The molecule has 1 fully saturated rings. The van der Waals surface area contributed by atoms with Crippen molar-refractivity contribution in [1.29, 1.82) is 0 Å². The van der Waals surface area contributed by atoms with Crippen LogP contribution in [0.25, 0.3) is 10.9 Å². The molecule has 1 aromatic heterocycles. The summed E-state index contributed by atoms with van der Waals surface area (Å²) in [6.45, 7) is 0. The van der Waals surface area contributed by atoms with Crippen molar-refractivity contribution in [1.82, 2.24) is 9.71 Å². The molecule has 1 heterocycles. The summed E-state index contributed by atoms with van der Waals surface area (Å²) in [6.07, 6.45) is 5.55. The first-order valence-electron chi connectivity index (χ1n) is 6.45. The van der Waals surface area contributed by atoms with Gasteiger partial charge >= 0.3 is 0 Å². The highest BCUT2D eigenvalue weighted by atomic mass is 32.2. The number of H-pyrrole nitrogens is 1. The minimum absolute atomic E-state index is 0.0657. The van der Waals surface area contributed by atoms with Crippen molar-refractivity contribution in [3.63, 3.8) is 0 Å². The van der Waals surface area contributed by atoms with Crippen molar-refractivity contribution < 1.29 is 8.42 Å². The van der Waals surface area contributed by atoms with Gasteiger partial charge in [-0.1, -0.05) is 12.8 Å². The van der Waals surface area contributed by atoms with Gasteiger partial charge in [0, 0.05) is 28.8 Å². The van der Waals surface area contributed by atoms with Crippen LogP contribution in [-0.2, 0) is 10.0 Å². The van der Waals surface area contributed by atoms with Crippen molar-refractivity contribution in [2.24, 2.45) is 0 Å². The van der Waals surface area contributed by atoms with Gasteiger partial charge in [-0.05, 0) is 31.0 Å². The van der Waals surface area contributed by atoms with Crippen molar-refractivity contribution >= 4 is 26.6 Å². The lowest BCUT2D eigenvalue weighted by Gasteiger charge is -2.11. The van der Waals surface area contributed by atoms with E-state index in [1.165, 1.54) is 6.20 Å². The second-order valence-electron chi connectivity index (χ2n) is 5.06. The third-order valence-electron chi connectivity index (χ3n) is 3.63. The largest absolute Gasteiger partial charge is 0.399 e. The third kappa shape index (κ3) is 2.33. The predicted octanol–water partition coefficient (Wildman–Crippen LogP) is 1.97. The Morgan fingerprint density at radius 3 is 2.74 bits per heavy atom. The van der Waals surface area contributed by atoms with Crippen LogP contribution < -0.4 is 10.5 Å². The lowest BCUT2D eigenvalue weighted by molar-refractivity contribution is 0.553. The second kappa shape index (κ2) is 4.54. The van der Waals surface area contributed by atoms with Crippen LogP contribution in [0.3, 0.4) is 0 Å². The van der Waals surface area contributed by atoms with Gasteiger partial charge in [-0.15, -0.1) is 0 Å². The molecule has 0 amide bonds. The van der Waals surface area contributed by atoms with Crippen LogP contribution in [0, 0.1) is 0 Å². The SMILES string of the molecule is Nc1ccc2[nH]cc(S(=O)(=O)NC3CCCC3)c2c1. The Kier molecular flexibility index (Phi) is 2.99. The smallest absolute Gasteiger partial charge is 0.242 e. The predicted molar refractivity (Wildman–Crippen MR) is 75.3 cm³/mol.